The molecule has 0 spiro atoms. The van der Waals surface area contributed by atoms with E-state index in [1.165, 1.54) is 13.2 Å². The second kappa shape index (κ2) is 4.51. The summed E-state index contributed by atoms with van der Waals surface area (Å²) in [7, 11) is 1.52. The molecule has 2 rings (SSSR count). The molecule has 6 heteroatoms. The zero-order valence-electron chi connectivity index (χ0n) is 9.77. The number of ether oxygens (including phenoxy) is 1. The highest BCUT2D eigenvalue weighted by Crippen LogP contribution is 2.31. The minimum Gasteiger partial charge on any atom is -0.375 e. The van der Waals surface area contributed by atoms with Gasteiger partial charge in [-0.2, -0.15) is 13.2 Å². The highest BCUT2D eigenvalue weighted by molar-refractivity contribution is 5.28. The molecule has 18 heavy (non-hydrogen) atoms. The normalized spacial score (nSPS) is 18.5. The van der Waals surface area contributed by atoms with Crippen LogP contribution in [-0.2, 0) is 17.3 Å². The molecule has 1 aliphatic rings. The van der Waals surface area contributed by atoms with Gasteiger partial charge in [-0.1, -0.05) is 6.07 Å². The maximum absolute atomic E-state index is 13.6. The second-order valence-corrected chi connectivity index (χ2v) is 4.47. The van der Waals surface area contributed by atoms with E-state index in [1.54, 1.807) is 0 Å². The molecule has 0 radical (unpaired) electrons. The van der Waals surface area contributed by atoms with Crippen molar-refractivity contribution in [2.75, 3.05) is 20.2 Å². The molecule has 1 aromatic carbocycles. The molecular formula is C12H13F4NO. The molecule has 1 aromatic rings. The summed E-state index contributed by atoms with van der Waals surface area (Å²) in [5, 5.41) is 3.00. The van der Waals surface area contributed by atoms with Crippen LogP contribution in [0.5, 0.6) is 0 Å². The van der Waals surface area contributed by atoms with Crippen LogP contribution in [0, 0.1) is 5.82 Å². The number of methoxy groups -OCH3 is 1. The summed E-state index contributed by atoms with van der Waals surface area (Å²) in [5.74, 6) is -0.840. The van der Waals surface area contributed by atoms with Crippen molar-refractivity contribution in [1.29, 1.82) is 0 Å². The van der Waals surface area contributed by atoms with E-state index in [-0.39, 0.29) is 12.0 Å². The van der Waals surface area contributed by atoms with Gasteiger partial charge in [-0.3, -0.25) is 0 Å². The lowest BCUT2D eigenvalue weighted by Gasteiger charge is -2.41. The Kier molecular flexibility index (Phi) is 3.33. The van der Waals surface area contributed by atoms with E-state index in [2.05, 4.69) is 5.32 Å². The molecule has 1 heterocycles. The van der Waals surface area contributed by atoms with Crippen LogP contribution >= 0.6 is 0 Å². The summed E-state index contributed by atoms with van der Waals surface area (Å²) < 4.78 is 56.0. The van der Waals surface area contributed by atoms with Gasteiger partial charge in [0, 0.05) is 26.6 Å². The second-order valence-electron chi connectivity index (χ2n) is 4.47. The molecule has 1 fully saturated rings. The van der Waals surface area contributed by atoms with E-state index >= 15 is 0 Å². The lowest BCUT2D eigenvalue weighted by atomic mass is 9.88. The number of hydrogen-bond acceptors (Lipinski definition) is 2. The van der Waals surface area contributed by atoms with Gasteiger partial charge in [0.15, 0.2) is 0 Å². The fourth-order valence-electron chi connectivity index (χ4n) is 1.96. The summed E-state index contributed by atoms with van der Waals surface area (Å²) >= 11 is 0. The average Bonchev–Trinajstić information content (AvgIpc) is 2.24. The van der Waals surface area contributed by atoms with E-state index < -0.39 is 23.2 Å². The fraction of sp³-hybridized carbons (Fsp3) is 0.500. The molecule has 1 aliphatic heterocycles. The Morgan fingerprint density at radius 1 is 1.33 bits per heavy atom. The smallest absolute Gasteiger partial charge is 0.375 e. The zero-order chi connectivity index (χ0) is 13.4. The van der Waals surface area contributed by atoms with Crippen molar-refractivity contribution in [3.05, 3.63) is 35.1 Å². The number of halogens is 4. The molecule has 100 valence electrons. The van der Waals surface area contributed by atoms with Gasteiger partial charge in [0.25, 0.3) is 0 Å². The molecule has 0 aromatic heterocycles. The molecule has 1 saturated heterocycles. The van der Waals surface area contributed by atoms with E-state index in [4.69, 9.17) is 4.74 Å². The van der Waals surface area contributed by atoms with Gasteiger partial charge in [0.05, 0.1) is 11.2 Å². The first-order chi connectivity index (χ1) is 8.36. The van der Waals surface area contributed by atoms with Crippen LogP contribution in [0.15, 0.2) is 18.2 Å². The van der Waals surface area contributed by atoms with Crippen molar-refractivity contribution < 1.29 is 22.3 Å². The van der Waals surface area contributed by atoms with Crippen molar-refractivity contribution in [3.63, 3.8) is 0 Å². The maximum atomic E-state index is 13.6. The summed E-state index contributed by atoms with van der Waals surface area (Å²) in [5.41, 5.74) is -1.23. The van der Waals surface area contributed by atoms with Crippen LogP contribution in [0.3, 0.4) is 0 Å². The Hall–Kier alpha value is -1.14. The van der Waals surface area contributed by atoms with E-state index in [1.807, 2.05) is 0 Å². The summed E-state index contributed by atoms with van der Waals surface area (Å²) in [6.07, 6.45) is -4.25. The van der Waals surface area contributed by atoms with Crippen molar-refractivity contribution >= 4 is 0 Å². The molecule has 0 atom stereocenters. The molecule has 0 amide bonds. The quantitative estimate of drug-likeness (QED) is 0.845. The Morgan fingerprint density at radius 3 is 2.39 bits per heavy atom. The Morgan fingerprint density at radius 2 is 2.00 bits per heavy atom. The van der Waals surface area contributed by atoms with Gasteiger partial charge in [-0.25, -0.2) is 4.39 Å². The van der Waals surface area contributed by atoms with E-state index in [9.17, 15) is 17.6 Å². The topological polar surface area (TPSA) is 21.3 Å². The van der Waals surface area contributed by atoms with Gasteiger partial charge in [0.2, 0.25) is 0 Å². The first kappa shape index (κ1) is 13.3. The Labute approximate surface area is 102 Å². The molecule has 0 saturated carbocycles. The lowest BCUT2D eigenvalue weighted by molar-refractivity contribution is -0.137. The maximum Gasteiger partial charge on any atom is 0.416 e. The summed E-state index contributed by atoms with van der Waals surface area (Å²) in [6, 6.07) is 2.61. The van der Waals surface area contributed by atoms with Gasteiger partial charge >= 0.3 is 6.18 Å². The number of alkyl halides is 3. The third kappa shape index (κ3) is 2.49. The van der Waals surface area contributed by atoms with E-state index in [0.717, 1.165) is 6.07 Å². The zero-order valence-corrected chi connectivity index (χ0v) is 9.77. The number of benzene rings is 1. The summed E-state index contributed by atoms with van der Waals surface area (Å²) in [4.78, 5) is 0. The number of nitrogens with one attached hydrogen (secondary N) is 1. The van der Waals surface area contributed by atoms with Crippen LogP contribution in [0.25, 0.3) is 0 Å². The molecule has 2 nitrogen and oxygen atoms in total. The first-order valence-electron chi connectivity index (χ1n) is 5.48. The molecule has 0 unspecified atom stereocenters. The summed E-state index contributed by atoms with van der Waals surface area (Å²) in [6.45, 7) is 1.15. The third-order valence-electron chi connectivity index (χ3n) is 3.22. The van der Waals surface area contributed by atoms with Crippen LogP contribution < -0.4 is 5.32 Å². The van der Waals surface area contributed by atoms with Crippen molar-refractivity contribution in [1.82, 2.24) is 5.32 Å². The fourth-order valence-corrected chi connectivity index (χ4v) is 1.96. The van der Waals surface area contributed by atoms with Gasteiger partial charge in [-0.15, -0.1) is 0 Å². The highest BCUT2D eigenvalue weighted by Gasteiger charge is 2.38. The Balaban J connectivity index is 2.20. The van der Waals surface area contributed by atoms with Crippen molar-refractivity contribution in [2.45, 2.75) is 18.2 Å². The van der Waals surface area contributed by atoms with Crippen LogP contribution in [0.1, 0.15) is 11.1 Å². The molecular weight excluding hydrogens is 250 g/mol. The van der Waals surface area contributed by atoms with Gasteiger partial charge in [0.1, 0.15) is 5.82 Å². The largest absolute Gasteiger partial charge is 0.416 e. The number of rotatable bonds is 3. The monoisotopic (exact) mass is 263 g/mol. The minimum absolute atomic E-state index is 0.242. The number of hydrogen-bond donors (Lipinski definition) is 1. The predicted molar refractivity (Wildman–Crippen MR) is 57.7 cm³/mol. The minimum atomic E-state index is -4.52. The van der Waals surface area contributed by atoms with Crippen molar-refractivity contribution in [3.8, 4) is 0 Å². The van der Waals surface area contributed by atoms with Gasteiger partial charge in [-0.05, 0) is 17.7 Å². The molecule has 0 aliphatic carbocycles. The SMILES string of the molecule is COC1(Cc2ccc(C(F)(F)F)cc2F)CNC1. The van der Waals surface area contributed by atoms with Crippen molar-refractivity contribution in [2.24, 2.45) is 0 Å². The Bertz CT molecular complexity index is 435. The standard InChI is InChI=1S/C12H13F4NO/c1-18-11(6-17-7-11)5-8-2-3-9(4-10(8)13)12(14,15)16/h2-4,17H,5-7H2,1H3. The first-order valence-corrected chi connectivity index (χ1v) is 5.48. The molecule has 1 N–H and O–H groups in total. The molecule has 0 bridgehead atoms. The average molecular weight is 263 g/mol. The highest BCUT2D eigenvalue weighted by atomic mass is 19.4. The third-order valence-corrected chi connectivity index (χ3v) is 3.22. The predicted octanol–water partition coefficient (Wildman–Crippen LogP) is 2.38. The van der Waals surface area contributed by atoms with E-state index in [0.29, 0.717) is 19.2 Å². The van der Waals surface area contributed by atoms with Gasteiger partial charge < -0.3 is 10.1 Å². The van der Waals surface area contributed by atoms with Crippen LogP contribution in [-0.4, -0.2) is 25.8 Å². The van der Waals surface area contributed by atoms with Crippen LogP contribution in [0.2, 0.25) is 0 Å². The lowest BCUT2D eigenvalue weighted by Crippen LogP contribution is -2.62. The van der Waals surface area contributed by atoms with Crippen LogP contribution in [0.4, 0.5) is 17.6 Å².